The normalized spacial score (nSPS) is 10.8. The van der Waals surface area contributed by atoms with Crippen molar-refractivity contribution in [1.82, 2.24) is 9.55 Å². The number of nitrogens with zero attached hydrogens (tertiary/aromatic N) is 2. The number of carbonyl (C=O) groups is 1. The smallest absolute Gasteiger partial charge is 0.356 e. The predicted molar refractivity (Wildman–Crippen MR) is 49.0 cm³/mol. The molecular weight excluding hydrogens is 168 g/mol. The lowest BCUT2D eigenvalue weighted by molar-refractivity contribution is 0.0690. The van der Waals surface area contributed by atoms with E-state index in [0.717, 1.165) is 5.82 Å². The summed E-state index contributed by atoms with van der Waals surface area (Å²) in [5.74, 6) is 0.103. The van der Waals surface area contributed by atoms with Crippen LogP contribution in [0.1, 0.15) is 41.8 Å². The molecule has 0 radical (unpaired) electrons. The highest BCUT2D eigenvalue weighted by Crippen LogP contribution is 2.16. The third-order valence-electron chi connectivity index (χ3n) is 2.13. The van der Waals surface area contributed by atoms with Gasteiger partial charge in [-0.15, -0.1) is 0 Å². The lowest BCUT2D eigenvalue weighted by atomic mass is 10.2. The van der Waals surface area contributed by atoms with Gasteiger partial charge in [-0.2, -0.15) is 0 Å². The van der Waals surface area contributed by atoms with E-state index in [1.165, 1.54) is 0 Å². The molecule has 1 heterocycles. The number of rotatable bonds is 2. The highest BCUT2D eigenvalue weighted by Gasteiger charge is 2.17. The Balaban J connectivity index is 3.28. The Kier molecular flexibility index (Phi) is 2.40. The monoisotopic (exact) mass is 182 g/mol. The number of aromatic carboxylic acids is 1. The molecule has 1 rings (SSSR count). The van der Waals surface area contributed by atoms with Crippen molar-refractivity contribution in [1.29, 1.82) is 0 Å². The number of hydrogen-bond donors (Lipinski definition) is 1. The van der Waals surface area contributed by atoms with Gasteiger partial charge in [0.05, 0.1) is 0 Å². The van der Waals surface area contributed by atoms with Crippen LogP contribution in [-0.4, -0.2) is 20.6 Å². The van der Waals surface area contributed by atoms with Gasteiger partial charge in [0.2, 0.25) is 0 Å². The van der Waals surface area contributed by atoms with Crippen molar-refractivity contribution in [2.75, 3.05) is 0 Å². The molecule has 0 bridgehead atoms. The summed E-state index contributed by atoms with van der Waals surface area (Å²) < 4.78 is 1.83. The molecule has 0 aromatic carbocycles. The maximum atomic E-state index is 10.7. The lowest BCUT2D eigenvalue weighted by Crippen LogP contribution is -2.01. The lowest BCUT2D eigenvalue weighted by Gasteiger charge is -2.04. The van der Waals surface area contributed by atoms with Crippen molar-refractivity contribution in [3.8, 4) is 0 Å². The topological polar surface area (TPSA) is 55.1 Å². The third-order valence-corrected chi connectivity index (χ3v) is 2.13. The van der Waals surface area contributed by atoms with Crippen molar-refractivity contribution >= 4 is 5.97 Å². The molecule has 0 saturated carbocycles. The fourth-order valence-corrected chi connectivity index (χ4v) is 1.32. The van der Waals surface area contributed by atoms with E-state index in [0.29, 0.717) is 5.69 Å². The number of aromatic nitrogens is 2. The predicted octanol–water partition coefficient (Wildman–Crippen LogP) is 1.55. The number of carboxylic acid groups (broad SMARTS) is 1. The van der Waals surface area contributed by atoms with Crippen LogP contribution in [0.15, 0.2) is 0 Å². The van der Waals surface area contributed by atoms with Gasteiger partial charge in [-0.05, 0) is 6.92 Å². The maximum Gasteiger partial charge on any atom is 0.356 e. The van der Waals surface area contributed by atoms with Gasteiger partial charge in [0.15, 0.2) is 5.69 Å². The molecule has 0 amide bonds. The average Bonchev–Trinajstić information content (AvgIpc) is 2.29. The van der Waals surface area contributed by atoms with Gasteiger partial charge in [0.1, 0.15) is 5.82 Å². The third kappa shape index (κ3) is 1.56. The van der Waals surface area contributed by atoms with Crippen molar-refractivity contribution < 1.29 is 9.90 Å². The summed E-state index contributed by atoms with van der Waals surface area (Å²) >= 11 is 0. The van der Waals surface area contributed by atoms with Crippen LogP contribution in [-0.2, 0) is 7.05 Å². The van der Waals surface area contributed by atoms with Gasteiger partial charge in [-0.1, -0.05) is 13.8 Å². The van der Waals surface area contributed by atoms with E-state index in [2.05, 4.69) is 4.98 Å². The molecule has 0 unspecified atom stereocenters. The minimum absolute atomic E-state index is 0.159. The summed E-state index contributed by atoms with van der Waals surface area (Å²) in [5.41, 5.74) is 0.863. The van der Waals surface area contributed by atoms with Gasteiger partial charge in [-0.3, -0.25) is 0 Å². The Labute approximate surface area is 77.2 Å². The van der Waals surface area contributed by atoms with Crippen LogP contribution < -0.4 is 0 Å². The fourth-order valence-electron chi connectivity index (χ4n) is 1.32. The molecule has 1 aromatic heterocycles. The van der Waals surface area contributed by atoms with Crippen molar-refractivity contribution in [2.24, 2.45) is 7.05 Å². The molecule has 0 atom stereocenters. The van der Waals surface area contributed by atoms with Gasteiger partial charge < -0.3 is 9.67 Å². The summed E-state index contributed by atoms with van der Waals surface area (Å²) in [7, 11) is 1.84. The number of imidazole rings is 1. The molecule has 0 aliphatic carbocycles. The minimum atomic E-state index is -0.958. The zero-order valence-electron chi connectivity index (χ0n) is 8.33. The van der Waals surface area contributed by atoms with Gasteiger partial charge in [-0.25, -0.2) is 9.78 Å². The fraction of sp³-hybridized carbons (Fsp3) is 0.556. The molecule has 0 fully saturated rings. The Hall–Kier alpha value is -1.32. The summed E-state index contributed by atoms with van der Waals surface area (Å²) in [5, 5.41) is 8.81. The molecule has 0 aliphatic rings. The first-order valence-electron chi connectivity index (χ1n) is 4.21. The van der Waals surface area contributed by atoms with Gasteiger partial charge in [0, 0.05) is 18.7 Å². The van der Waals surface area contributed by atoms with E-state index in [-0.39, 0.29) is 11.6 Å². The van der Waals surface area contributed by atoms with Crippen LogP contribution >= 0.6 is 0 Å². The average molecular weight is 182 g/mol. The minimum Gasteiger partial charge on any atom is -0.476 e. The second-order valence-corrected chi connectivity index (χ2v) is 3.42. The van der Waals surface area contributed by atoms with Crippen molar-refractivity contribution in [3.63, 3.8) is 0 Å². The van der Waals surface area contributed by atoms with E-state index < -0.39 is 5.97 Å². The molecule has 13 heavy (non-hydrogen) atoms. The maximum absolute atomic E-state index is 10.7. The zero-order valence-corrected chi connectivity index (χ0v) is 8.33. The summed E-state index contributed by atoms with van der Waals surface area (Å²) in [6, 6.07) is 0. The van der Waals surface area contributed by atoms with Crippen LogP contribution in [0, 0.1) is 6.92 Å². The Morgan fingerprint density at radius 2 is 2.08 bits per heavy atom. The first-order valence-corrected chi connectivity index (χ1v) is 4.21. The molecule has 0 spiro atoms. The zero-order chi connectivity index (χ0) is 10.2. The van der Waals surface area contributed by atoms with E-state index in [9.17, 15) is 4.79 Å². The molecule has 72 valence electrons. The SMILES string of the molecule is Cc1c(C(=O)O)nc(C(C)C)n1C. The van der Waals surface area contributed by atoms with Crippen molar-refractivity contribution in [2.45, 2.75) is 26.7 Å². The van der Waals surface area contributed by atoms with Crippen LogP contribution in [0.4, 0.5) is 0 Å². The molecule has 0 saturated heterocycles. The summed E-state index contributed by atoms with van der Waals surface area (Å²) in [6.45, 7) is 5.75. The van der Waals surface area contributed by atoms with Gasteiger partial charge >= 0.3 is 5.97 Å². The van der Waals surface area contributed by atoms with Gasteiger partial charge in [0.25, 0.3) is 0 Å². The van der Waals surface area contributed by atoms with Crippen LogP contribution in [0.5, 0.6) is 0 Å². The number of carboxylic acids is 1. The van der Waals surface area contributed by atoms with E-state index >= 15 is 0 Å². The molecule has 0 aliphatic heterocycles. The molecule has 4 heteroatoms. The summed E-state index contributed by atoms with van der Waals surface area (Å²) in [4.78, 5) is 14.8. The van der Waals surface area contributed by atoms with Crippen molar-refractivity contribution in [3.05, 3.63) is 17.2 Å². The first kappa shape index (κ1) is 9.77. The summed E-state index contributed by atoms with van der Waals surface area (Å²) in [6.07, 6.45) is 0. The molecule has 1 N–H and O–H groups in total. The van der Waals surface area contributed by atoms with Crippen LogP contribution in [0.2, 0.25) is 0 Å². The van der Waals surface area contributed by atoms with E-state index in [4.69, 9.17) is 5.11 Å². The molecule has 4 nitrogen and oxygen atoms in total. The molecular formula is C9H14N2O2. The number of hydrogen-bond acceptors (Lipinski definition) is 2. The molecule has 1 aromatic rings. The second kappa shape index (κ2) is 3.20. The van der Waals surface area contributed by atoms with E-state index in [1.807, 2.05) is 25.5 Å². The second-order valence-electron chi connectivity index (χ2n) is 3.42. The van der Waals surface area contributed by atoms with Crippen LogP contribution in [0.25, 0.3) is 0 Å². The Morgan fingerprint density at radius 3 is 2.31 bits per heavy atom. The van der Waals surface area contributed by atoms with Crippen LogP contribution in [0.3, 0.4) is 0 Å². The highest BCUT2D eigenvalue weighted by atomic mass is 16.4. The standard InChI is InChI=1S/C9H14N2O2/c1-5(2)8-10-7(9(12)13)6(3)11(8)4/h5H,1-4H3,(H,12,13). The first-order chi connectivity index (χ1) is 5.95. The van der Waals surface area contributed by atoms with E-state index in [1.54, 1.807) is 6.92 Å². The largest absolute Gasteiger partial charge is 0.476 e. The highest BCUT2D eigenvalue weighted by molar-refractivity contribution is 5.86. The Bertz CT molecular complexity index is 340. The Morgan fingerprint density at radius 1 is 1.54 bits per heavy atom. The quantitative estimate of drug-likeness (QED) is 0.755.